The minimum atomic E-state index is -1.52. The summed E-state index contributed by atoms with van der Waals surface area (Å²) in [5, 5.41) is 17.5. The molecule has 1 aromatic carbocycles. The number of hydrogen-bond acceptors (Lipinski definition) is 3. The van der Waals surface area contributed by atoms with Crippen molar-refractivity contribution in [3.63, 3.8) is 0 Å². The minimum absolute atomic E-state index is 0.0768. The van der Waals surface area contributed by atoms with Crippen molar-refractivity contribution < 1.29 is 23.5 Å². The van der Waals surface area contributed by atoms with E-state index in [4.69, 9.17) is 5.11 Å². The molecule has 20 heavy (non-hydrogen) atoms. The molecule has 1 heterocycles. The highest BCUT2D eigenvalue weighted by Gasteiger charge is 2.20. The Hall–Kier alpha value is -2.77. The molecule has 0 bridgehead atoms. The molecule has 2 rings (SSSR count). The Bertz CT molecular complexity index is 656. The van der Waals surface area contributed by atoms with Crippen LogP contribution in [0.2, 0.25) is 0 Å². The predicted octanol–water partition coefficient (Wildman–Crippen LogP) is 1.32. The van der Waals surface area contributed by atoms with Gasteiger partial charge in [-0.2, -0.15) is 5.10 Å². The smallest absolute Gasteiger partial charge is 0.336 e. The molecule has 3 N–H and O–H groups in total. The number of nitrogens with one attached hydrogen (secondary N) is 2. The molecule has 2 aromatic rings. The lowest BCUT2D eigenvalue weighted by Gasteiger charge is -2.07. The fourth-order valence-corrected chi connectivity index (χ4v) is 1.56. The van der Waals surface area contributed by atoms with Crippen LogP contribution in [0, 0.1) is 11.6 Å². The zero-order valence-electron chi connectivity index (χ0n) is 9.98. The van der Waals surface area contributed by atoms with E-state index in [1.54, 1.807) is 0 Å². The first-order chi connectivity index (χ1) is 9.49. The van der Waals surface area contributed by atoms with Gasteiger partial charge < -0.3 is 10.4 Å². The van der Waals surface area contributed by atoms with E-state index in [0.29, 0.717) is 17.7 Å². The second-order valence-corrected chi connectivity index (χ2v) is 3.91. The van der Waals surface area contributed by atoms with Gasteiger partial charge in [0.25, 0.3) is 5.91 Å². The Labute approximate surface area is 111 Å². The first kappa shape index (κ1) is 13.7. The molecule has 6 nitrogen and oxygen atoms in total. The summed E-state index contributed by atoms with van der Waals surface area (Å²) in [6, 6.07) is 1.04. The number of rotatable bonds is 4. The van der Waals surface area contributed by atoms with Crippen molar-refractivity contribution in [1.82, 2.24) is 15.5 Å². The minimum Gasteiger partial charge on any atom is -0.478 e. The standard InChI is InChI=1S/C12H9F2N3O3/c13-9-1-7(8(12(19)20)2-10(9)14)11(18)15-3-6-4-16-17-5-6/h1-2,4-5H,3H2,(H,15,18)(H,16,17)(H,19,20). The maximum absolute atomic E-state index is 13.1. The molecule has 1 aromatic heterocycles. The highest BCUT2D eigenvalue weighted by atomic mass is 19.2. The Morgan fingerprint density at radius 2 is 1.90 bits per heavy atom. The molecule has 0 saturated carbocycles. The van der Waals surface area contributed by atoms with Gasteiger partial charge in [-0.05, 0) is 12.1 Å². The quantitative estimate of drug-likeness (QED) is 0.787. The third-order valence-corrected chi connectivity index (χ3v) is 2.54. The lowest BCUT2D eigenvalue weighted by Crippen LogP contribution is -2.25. The Balaban J connectivity index is 2.24. The van der Waals surface area contributed by atoms with Gasteiger partial charge in [-0.1, -0.05) is 0 Å². The molecule has 0 aliphatic rings. The summed E-state index contributed by atoms with van der Waals surface area (Å²) in [6.45, 7) is 0.0768. The molecular weight excluding hydrogens is 272 g/mol. The topological polar surface area (TPSA) is 95.1 Å². The van der Waals surface area contributed by atoms with Crippen molar-refractivity contribution in [1.29, 1.82) is 0 Å². The number of halogens is 2. The van der Waals surface area contributed by atoms with E-state index in [1.807, 2.05) is 0 Å². The van der Waals surface area contributed by atoms with Crippen molar-refractivity contribution in [2.24, 2.45) is 0 Å². The van der Waals surface area contributed by atoms with Crippen LogP contribution in [0.15, 0.2) is 24.5 Å². The molecule has 0 aliphatic heterocycles. The molecule has 1 amide bonds. The molecule has 0 spiro atoms. The summed E-state index contributed by atoms with van der Waals surface area (Å²) in [5.41, 5.74) is -0.397. The molecule has 0 unspecified atom stereocenters. The number of carboxylic acid groups (broad SMARTS) is 1. The number of amides is 1. The van der Waals surface area contributed by atoms with Gasteiger partial charge in [-0.25, -0.2) is 13.6 Å². The van der Waals surface area contributed by atoms with Crippen molar-refractivity contribution in [2.45, 2.75) is 6.54 Å². The first-order valence-corrected chi connectivity index (χ1v) is 5.47. The number of carboxylic acids is 1. The summed E-state index contributed by atoms with van der Waals surface area (Å²) in [7, 11) is 0. The summed E-state index contributed by atoms with van der Waals surface area (Å²) in [5.74, 6) is -4.95. The van der Waals surface area contributed by atoms with Crippen LogP contribution < -0.4 is 5.32 Å². The molecule has 8 heteroatoms. The Morgan fingerprint density at radius 3 is 2.45 bits per heavy atom. The zero-order valence-corrected chi connectivity index (χ0v) is 9.98. The predicted molar refractivity (Wildman–Crippen MR) is 63.1 cm³/mol. The van der Waals surface area contributed by atoms with Crippen LogP contribution in [0.1, 0.15) is 26.3 Å². The van der Waals surface area contributed by atoms with Crippen LogP contribution in [-0.2, 0) is 6.54 Å². The van der Waals surface area contributed by atoms with Gasteiger partial charge in [0, 0.05) is 18.3 Å². The van der Waals surface area contributed by atoms with E-state index < -0.39 is 34.6 Å². The van der Waals surface area contributed by atoms with Crippen molar-refractivity contribution in [2.75, 3.05) is 0 Å². The summed E-state index contributed by atoms with van der Waals surface area (Å²) in [6.07, 6.45) is 2.99. The number of aromatic amines is 1. The SMILES string of the molecule is O=C(O)c1cc(F)c(F)cc1C(=O)NCc1cn[nH]c1. The van der Waals surface area contributed by atoms with Gasteiger partial charge in [-0.3, -0.25) is 9.89 Å². The molecule has 0 saturated heterocycles. The first-order valence-electron chi connectivity index (χ1n) is 5.47. The number of hydrogen-bond donors (Lipinski definition) is 3. The number of benzene rings is 1. The number of nitrogens with zero attached hydrogens (tertiary/aromatic N) is 1. The van der Waals surface area contributed by atoms with Gasteiger partial charge >= 0.3 is 5.97 Å². The fraction of sp³-hybridized carbons (Fsp3) is 0.0833. The monoisotopic (exact) mass is 281 g/mol. The Morgan fingerprint density at radius 1 is 1.25 bits per heavy atom. The van der Waals surface area contributed by atoms with Crippen molar-refractivity contribution in [3.8, 4) is 0 Å². The van der Waals surface area contributed by atoms with Gasteiger partial charge in [0.1, 0.15) is 0 Å². The van der Waals surface area contributed by atoms with Crippen molar-refractivity contribution in [3.05, 3.63) is 52.9 Å². The third-order valence-electron chi connectivity index (χ3n) is 2.54. The number of aromatic nitrogens is 2. The number of carbonyl (C=O) groups excluding carboxylic acids is 1. The van der Waals surface area contributed by atoms with Crippen LogP contribution in [0.3, 0.4) is 0 Å². The zero-order chi connectivity index (χ0) is 14.7. The number of carbonyl (C=O) groups is 2. The van der Waals surface area contributed by atoms with Crippen LogP contribution >= 0.6 is 0 Å². The molecule has 0 radical (unpaired) electrons. The van der Waals surface area contributed by atoms with Gasteiger partial charge in [-0.15, -0.1) is 0 Å². The lowest BCUT2D eigenvalue weighted by atomic mass is 10.1. The molecular formula is C12H9F2N3O3. The Kier molecular flexibility index (Phi) is 3.74. The van der Waals surface area contributed by atoms with E-state index >= 15 is 0 Å². The van der Waals surface area contributed by atoms with E-state index in [-0.39, 0.29) is 6.54 Å². The van der Waals surface area contributed by atoms with Crippen LogP contribution in [0.25, 0.3) is 0 Å². The fourth-order valence-electron chi connectivity index (χ4n) is 1.56. The number of H-pyrrole nitrogens is 1. The molecule has 0 aliphatic carbocycles. The second kappa shape index (κ2) is 5.47. The van der Waals surface area contributed by atoms with Gasteiger partial charge in [0.2, 0.25) is 0 Å². The van der Waals surface area contributed by atoms with E-state index in [9.17, 15) is 18.4 Å². The lowest BCUT2D eigenvalue weighted by molar-refractivity contribution is 0.0690. The van der Waals surface area contributed by atoms with Gasteiger partial charge in [0.05, 0.1) is 17.3 Å². The van der Waals surface area contributed by atoms with E-state index in [2.05, 4.69) is 15.5 Å². The van der Waals surface area contributed by atoms with E-state index in [1.165, 1.54) is 12.4 Å². The third kappa shape index (κ3) is 2.79. The second-order valence-electron chi connectivity index (χ2n) is 3.91. The highest BCUT2D eigenvalue weighted by Crippen LogP contribution is 2.15. The van der Waals surface area contributed by atoms with Crippen LogP contribution in [0.5, 0.6) is 0 Å². The molecule has 0 fully saturated rings. The van der Waals surface area contributed by atoms with Crippen LogP contribution in [0.4, 0.5) is 8.78 Å². The van der Waals surface area contributed by atoms with Crippen LogP contribution in [-0.4, -0.2) is 27.2 Å². The summed E-state index contributed by atoms with van der Waals surface area (Å²) >= 11 is 0. The van der Waals surface area contributed by atoms with E-state index in [0.717, 1.165) is 0 Å². The average molecular weight is 281 g/mol. The highest BCUT2D eigenvalue weighted by molar-refractivity contribution is 6.04. The normalized spacial score (nSPS) is 10.3. The average Bonchev–Trinajstić information content (AvgIpc) is 2.91. The molecule has 104 valence electrons. The van der Waals surface area contributed by atoms with Crippen molar-refractivity contribution >= 4 is 11.9 Å². The molecule has 0 atom stereocenters. The maximum Gasteiger partial charge on any atom is 0.336 e. The summed E-state index contributed by atoms with van der Waals surface area (Å²) in [4.78, 5) is 22.8. The number of aromatic carboxylic acids is 1. The summed E-state index contributed by atoms with van der Waals surface area (Å²) < 4.78 is 26.1. The van der Waals surface area contributed by atoms with Gasteiger partial charge in [0.15, 0.2) is 11.6 Å². The largest absolute Gasteiger partial charge is 0.478 e. The maximum atomic E-state index is 13.1.